The van der Waals surface area contributed by atoms with Gasteiger partial charge in [-0.15, -0.1) is 0 Å². The molecule has 1 aromatic carbocycles. The molecule has 4 nitrogen and oxygen atoms in total. The zero-order chi connectivity index (χ0) is 14.7. The van der Waals surface area contributed by atoms with Crippen LogP contribution in [-0.2, 0) is 4.79 Å². The molecule has 0 saturated heterocycles. The van der Waals surface area contributed by atoms with Crippen molar-refractivity contribution in [2.24, 2.45) is 0 Å². The molecule has 1 heterocycles. The van der Waals surface area contributed by atoms with Crippen LogP contribution in [0.3, 0.4) is 0 Å². The molecule has 1 aliphatic carbocycles. The van der Waals surface area contributed by atoms with Gasteiger partial charge in [0, 0.05) is 11.4 Å². The topological polar surface area (TPSA) is 54.9 Å². The van der Waals surface area contributed by atoms with Gasteiger partial charge in [-0.3, -0.25) is 4.79 Å². The Hall–Kier alpha value is -1.62. The molecule has 1 N–H and O–H groups in total. The van der Waals surface area contributed by atoms with E-state index in [2.05, 4.69) is 15.3 Å². The van der Waals surface area contributed by atoms with E-state index in [1.54, 1.807) is 0 Å². The highest BCUT2D eigenvalue weighted by molar-refractivity contribution is 8.00. The fourth-order valence-electron chi connectivity index (χ4n) is 2.74. The molecule has 0 bridgehead atoms. The van der Waals surface area contributed by atoms with Crippen LogP contribution in [0, 0.1) is 6.92 Å². The highest BCUT2D eigenvalue weighted by Gasteiger charge is 2.17. The smallest absolute Gasteiger partial charge is 0.230 e. The Kier molecular flexibility index (Phi) is 4.39. The zero-order valence-electron chi connectivity index (χ0n) is 12.1. The lowest BCUT2D eigenvalue weighted by Gasteiger charge is -2.12. The van der Waals surface area contributed by atoms with Gasteiger partial charge < -0.3 is 5.32 Å². The van der Waals surface area contributed by atoms with Crippen LogP contribution < -0.4 is 5.32 Å². The summed E-state index contributed by atoms with van der Waals surface area (Å²) in [5, 5.41) is 5.01. The molecule has 5 heteroatoms. The average molecular weight is 301 g/mol. The molecule has 2 aromatic rings. The van der Waals surface area contributed by atoms with Crippen LogP contribution in [0.4, 0.5) is 0 Å². The summed E-state index contributed by atoms with van der Waals surface area (Å²) in [6, 6.07) is 8.31. The van der Waals surface area contributed by atoms with Gasteiger partial charge >= 0.3 is 0 Å². The second kappa shape index (κ2) is 6.43. The summed E-state index contributed by atoms with van der Waals surface area (Å²) in [6.07, 6.45) is 4.69. The van der Waals surface area contributed by atoms with Gasteiger partial charge in [0.15, 0.2) is 0 Å². The molecule has 0 aliphatic heterocycles. The molecular weight excluding hydrogens is 282 g/mol. The molecule has 0 atom stereocenters. The number of benzene rings is 1. The molecule has 0 radical (unpaired) electrons. The third kappa shape index (κ3) is 3.53. The number of carbonyl (C=O) groups excluding carboxylic acids is 1. The molecule has 1 amide bonds. The van der Waals surface area contributed by atoms with E-state index in [0.29, 0.717) is 11.8 Å². The van der Waals surface area contributed by atoms with E-state index in [1.807, 2.05) is 31.2 Å². The molecule has 0 spiro atoms. The molecule has 110 valence electrons. The third-order valence-corrected chi connectivity index (χ3v) is 4.73. The number of carbonyl (C=O) groups is 1. The largest absolute Gasteiger partial charge is 0.353 e. The summed E-state index contributed by atoms with van der Waals surface area (Å²) in [6.45, 7) is 1.88. The fourth-order valence-corrected chi connectivity index (χ4v) is 3.62. The lowest BCUT2D eigenvalue weighted by Crippen LogP contribution is -2.33. The van der Waals surface area contributed by atoms with Crippen LogP contribution in [0.2, 0.25) is 0 Å². The van der Waals surface area contributed by atoms with Gasteiger partial charge in [0.05, 0.1) is 11.3 Å². The lowest BCUT2D eigenvalue weighted by atomic mass is 10.2. The molecule has 3 rings (SSSR count). The van der Waals surface area contributed by atoms with Crippen LogP contribution >= 0.6 is 11.8 Å². The number of aromatic nitrogens is 2. The van der Waals surface area contributed by atoms with E-state index in [9.17, 15) is 4.79 Å². The minimum atomic E-state index is 0.104. The maximum absolute atomic E-state index is 12.0. The minimum absolute atomic E-state index is 0.104. The van der Waals surface area contributed by atoms with Gasteiger partial charge in [-0.05, 0) is 25.8 Å². The van der Waals surface area contributed by atoms with Crippen molar-refractivity contribution in [1.82, 2.24) is 15.3 Å². The number of hydrogen-bond donors (Lipinski definition) is 1. The van der Waals surface area contributed by atoms with E-state index in [0.717, 1.165) is 34.6 Å². The van der Waals surface area contributed by atoms with Crippen LogP contribution in [0.1, 0.15) is 31.5 Å². The Balaban J connectivity index is 1.68. The summed E-state index contributed by atoms with van der Waals surface area (Å²) in [5.41, 5.74) is 0.934. The summed E-state index contributed by atoms with van der Waals surface area (Å²) >= 11 is 1.49. The number of rotatable bonds is 4. The molecule has 0 unspecified atom stereocenters. The maximum atomic E-state index is 12.0. The maximum Gasteiger partial charge on any atom is 0.230 e. The monoisotopic (exact) mass is 301 g/mol. The normalized spacial score (nSPS) is 15.5. The van der Waals surface area contributed by atoms with Gasteiger partial charge in [-0.25, -0.2) is 9.97 Å². The summed E-state index contributed by atoms with van der Waals surface area (Å²) in [5.74, 6) is 1.26. The van der Waals surface area contributed by atoms with Crippen molar-refractivity contribution in [2.75, 3.05) is 5.75 Å². The first kappa shape index (κ1) is 14.3. The first-order valence-corrected chi connectivity index (χ1v) is 8.36. The number of aryl methyl sites for hydroxylation is 1. The summed E-state index contributed by atoms with van der Waals surface area (Å²) in [4.78, 5) is 20.9. The van der Waals surface area contributed by atoms with Crippen LogP contribution in [0.15, 0.2) is 29.3 Å². The van der Waals surface area contributed by atoms with Crippen molar-refractivity contribution in [2.45, 2.75) is 43.7 Å². The number of amides is 1. The SMILES string of the molecule is Cc1nc(SCC(=O)NC2CCCC2)c2ccccc2n1. The summed E-state index contributed by atoms with van der Waals surface area (Å²) in [7, 11) is 0. The van der Waals surface area contributed by atoms with Crippen molar-refractivity contribution in [3.05, 3.63) is 30.1 Å². The molecule has 1 fully saturated rings. The van der Waals surface area contributed by atoms with Crippen molar-refractivity contribution in [3.8, 4) is 0 Å². The van der Waals surface area contributed by atoms with Crippen molar-refractivity contribution >= 4 is 28.6 Å². The number of hydrogen-bond acceptors (Lipinski definition) is 4. The zero-order valence-corrected chi connectivity index (χ0v) is 12.9. The molecule has 21 heavy (non-hydrogen) atoms. The van der Waals surface area contributed by atoms with Crippen molar-refractivity contribution in [3.63, 3.8) is 0 Å². The van der Waals surface area contributed by atoms with E-state index >= 15 is 0 Å². The lowest BCUT2D eigenvalue weighted by molar-refractivity contribution is -0.119. The number of nitrogens with one attached hydrogen (secondary N) is 1. The second-order valence-corrected chi connectivity index (χ2v) is 6.39. The molecular formula is C16H19N3OS. The fraction of sp³-hybridized carbons (Fsp3) is 0.438. The van der Waals surface area contributed by atoms with Crippen LogP contribution in [-0.4, -0.2) is 27.7 Å². The van der Waals surface area contributed by atoms with E-state index < -0.39 is 0 Å². The highest BCUT2D eigenvalue weighted by atomic mass is 32.2. The van der Waals surface area contributed by atoms with E-state index in [1.165, 1.54) is 24.6 Å². The number of fused-ring (bicyclic) bond motifs is 1. The average Bonchev–Trinajstić information content (AvgIpc) is 2.97. The highest BCUT2D eigenvalue weighted by Crippen LogP contribution is 2.25. The Morgan fingerprint density at radius 2 is 2.05 bits per heavy atom. The van der Waals surface area contributed by atoms with Gasteiger partial charge in [-0.2, -0.15) is 0 Å². The molecule has 1 saturated carbocycles. The number of para-hydroxylation sites is 1. The molecule has 1 aromatic heterocycles. The Morgan fingerprint density at radius 3 is 2.86 bits per heavy atom. The van der Waals surface area contributed by atoms with E-state index in [-0.39, 0.29) is 5.91 Å². The van der Waals surface area contributed by atoms with E-state index in [4.69, 9.17) is 0 Å². The van der Waals surface area contributed by atoms with Gasteiger partial charge in [-0.1, -0.05) is 42.8 Å². The Bertz CT molecular complexity index is 653. The predicted octanol–water partition coefficient (Wildman–Crippen LogP) is 3.09. The second-order valence-electron chi connectivity index (χ2n) is 5.43. The first-order valence-electron chi connectivity index (χ1n) is 7.38. The van der Waals surface area contributed by atoms with Crippen LogP contribution in [0.5, 0.6) is 0 Å². The van der Waals surface area contributed by atoms with Gasteiger partial charge in [0.25, 0.3) is 0 Å². The predicted molar refractivity (Wildman–Crippen MR) is 85.4 cm³/mol. The van der Waals surface area contributed by atoms with Crippen molar-refractivity contribution in [1.29, 1.82) is 0 Å². The number of thioether (sulfide) groups is 1. The molecule has 1 aliphatic rings. The Morgan fingerprint density at radius 1 is 1.29 bits per heavy atom. The minimum Gasteiger partial charge on any atom is -0.353 e. The van der Waals surface area contributed by atoms with Crippen LogP contribution in [0.25, 0.3) is 10.9 Å². The first-order chi connectivity index (χ1) is 10.2. The third-order valence-electron chi connectivity index (χ3n) is 3.74. The Labute approximate surface area is 128 Å². The quantitative estimate of drug-likeness (QED) is 0.696. The standard InChI is InChI=1S/C16H19N3OS/c1-11-17-14-9-5-4-8-13(14)16(18-11)21-10-15(20)19-12-6-2-3-7-12/h4-5,8-9,12H,2-3,6-7,10H2,1H3,(H,19,20). The van der Waals surface area contributed by atoms with Gasteiger partial charge in [0.1, 0.15) is 10.9 Å². The number of nitrogens with zero attached hydrogens (tertiary/aromatic N) is 2. The van der Waals surface area contributed by atoms with Gasteiger partial charge in [0.2, 0.25) is 5.91 Å². The summed E-state index contributed by atoms with van der Waals surface area (Å²) < 4.78 is 0. The van der Waals surface area contributed by atoms with Crippen molar-refractivity contribution < 1.29 is 4.79 Å².